The highest BCUT2D eigenvalue weighted by Crippen LogP contribution is 2.28. The van der Waals surface area contributed by atoms with Gasteiger partial charge in [-0.1, -0.05) is 35.5 Å². The second-order valence-electron chi connectivity index (χ2n) is 5.16. The molecule has 1 aliphatic carbocycles. The van der Waals surface area contributed by atoms with Crippen molar-refractivity contribution in [3.63, 3.8) is 0 Å². The van der Waals surface area contributed by atoms with Crippen molar-refractivity contribution in [2.75, 3.05) is 11.6 Å². The van der Waals surface area contributed by atoms with E-state index in [4.69, 9.17) is 11.6 Å². The lowest BCUT2D eigenvalue weighted by molar-refractivity contribution is 0.102. The second kappa shape index (κ2) is 6.67. The first kappa shape index (κ1) is 15.3. The summed E-state index contributed by atoms with van der Waals surface area (Å²) in [5, 5.41) is 3.75. The minimum absolute atomic E-state index is 0.217. The lowest BCUT2D eigenvalue weighted by Crippen LogP contribution is -2.17. The van der Waals surface area contributed by atoms with Crippen LogP contribution in [0.2, 0.25) is 5.02 Å². The van der Waals surface area contributed by atoms with Crippen LogP contribution in [0.1, 0.15) is 34.5 Å². The topological polar surface area (TPSA) is 54.9 Å². The predicted octanol–water partition coefficient (Wildman–Crippen LogP) is 3.98. The lowest BCUT2D eigenvalue weighted by Gasteiger charge is -2.19. The van der Waals surface area contributed by atoms with Crippen LogP contribution in [0, 0.1) is 0 Å². The fraction of sp³-hybridized carbons (Fsp3) is 0.312. The van der Waals surface area contributed by atoms with Gasteiger partial charge in [0.25, 0.3) is 5.91 Å². The van der Waals surface area contributed by atoms with E-state index in [0.717, 1.165) is 24.9 Å². The van der Waals surface area contributed by atoms with E-state index in [1.54, 1.807) is 0 Å². The van der Waals surface area contributed by atoms with E-state index < -0.39 is 0 Å². The van der Waals surface area contributed by atoms with Crippen LogP contribution in [-0.2, 0) is 12.8 Å². The monoisotopic (exact) mass is 333 g/mol. The Labute approximate surface area is 138 Å². The quantitative estimate of drug-likeness (QED) is 0.681. The number of rotatable bonds is 3. The summed E-state index contributed by atoms with van der Waals surface area (Å²) in [6, 6.07) is 6.05. The van der Waals surface area contributed by atoms with Crippen LogP contribution in [0.4, 0.5) is 5.69 Å². The molecule has 114 valence electrons. The van der Waals surface area contributed by atoms with Crippen molar-refractivity contribution in [3.8, 4) is 0 Å². The standard InChI is InChI=1S/C16H16ClN3OS/c1-22-16-18-9-12(17)14(20-16)15(21)19-13-8-4-6-10-5-2-3-7-11(10)13/h4,6,8-9H,2-3,5,7H2,1H3,(H,19,21). The minimum atomic E-state index is -0.290. The van der Waals surface area contributed by atoms with Gasteiger partial charge in [-0.15, -0.1) is 0 Å². The Bertz CT molecular complexity index is 721. The summed E-state index contributed by atoms with van der Waals surface area (Å²) in [6.45, 7) is 0. The zero-order chi connectivity index (χ0) is 15.5. The molecule has 6 heteroatoms. The van der Waals surface area contributed by atoms with Gasteiger partial charge in [-0.05, 0) is 49.1 Å². The summed E-state index contributed by atoms with van der Waals surface area (Å²) in [5.74, 6) is -0.290. The highest BCUT2D eigenvalue weighted by atomic mass is 35.5. The van der Waals surface area contributed by atoms with Gasteiger partial charge in [0.2, 0.25) is 0 Å². The van der Waals surface area contributed by atoms with Crippen LogP contribution in [0.5, 0.6) is 0 Å². The molecule has 0 bridgehead atoms. The highest BCUT2D eigenvalue weighted by Gasteiger charge is 2.18. The summed E-state index contributed by atoms with van der Waals surface area (Å²) in [7, 11) is 0. The van der Waals surface area contributed by atoms with Gasteiger partial charge in [0.05, 0.1) is 11.2 Å². The first-order valence-corrected chi connectivity index (χ1v) is 8.78. The first-order valence-electron chi connectivity index (χ1n) is 7.17. The molecule has 1 aliphatic rings. The molecule has 1 heterocycles. The summed E-state index contributed by atoms with van der Waals surface area (Å²) in [4.78, 5) is 20.8. The number of halogens is 1. The number of aryl methyl sites for hydroxylation is 1. The second-order valence-corrected chi connectivity index (χ2v) is 6.34. The maximum atomic E-state index is 12.5. The van der Waals surface area contributed by atoms with E-state index in [1.807, 2.05) is 18.4 Å². The smallest absolute Gasteiger partial charge is 0.275 e. The van der Waals surface area contributed by atoms with E-state index >= 15 is 0 Å². The van der Waals surface area contributed by atoms with Crippen molar-refractivity contribution in [1.29, 1.82) is 0 Å². The number of carbonyl (C=O) groups excluding carboxylic acids is 1. The number of fused-ring (bicyclic) bond motifs is 1. The van der Waals surface area contributed by atoms with Crippen molar-refractivity contribution in [2.45, 2.75) is 30.8 Å². The van der Waals surface area contributed by atoms with Gasteiger partial charge in [0.1, 0.15) is 0 Å². The van der Waals surface area contributed by atoms with Crippen LogP contribution in [0.15, 0.2) is 29.6 Å². The molecular weight excluding hydrogens is 318 g/mol. The fourth-order valence-electron chi connectivity index (χ4n) is 2.69. The highest BCUT2D eigenvalue weighted by molar-refractivity contribution is 7.98. The summed E-state index contributed by atoms with van der Waals surface area (Å²) in [6.07, 6.45) is 7.77. The Balaban J connectivity index is 1.89. The molecule has 0 fully saturated rings. The molecule has 1 aromatic carbocycles. The maximum Gasteiger partial charge on any atom is 0.275 e. The van der Waals surface area contributed by atoms with Gasteiger partial charge < -0.3 is 5.32 Å². The molecule has 0 saturated carbocycles. The molecule has 0 atom stereocenters. The van der Waals surface area contributed by atoms with Gasteiger partial charge >= 0.3 is 0 Å². The molecule has 0 saturated heterocycles. The molecule has 22 heavy (non-hydrogen) atoms. The normalized spacial score (nSPS) is 13.5. The molecule has 2 aromatic rings. The van der Waals surface area contributed by atoms with Crippen molar-refractivity contribution in [2.24, 2.45) is 0 Å². The molecule has 1 amide bonds. The zero-order valence-corrected chi connectivity index (χ0v) is 13.8. The van der Waals surface area contributed by atoms with E-state index in [9.17, 15) is 4.79 Å². The molecule has 3 rings (SSSR count). The Morgan fingerprint density at radius 2 is 2.14 bits per heavy atom. The van der Waals surface area contributed by atoms with Gasteiger partial charge in [0, 0.05) is 5.69 Å². The number of aromatic nitrogens is 2. The number of thioether (sulfide) groups is 1. The molecule has 0 radical (unpaired) electrons. The van der Waals surface area contributed by atoms with Gasteiger partial charge in [-0.25, -0.2) is 9.97 Å². The maximum absolute atomic E-state index is 12.5. The van der Waals surface area contributed by atoms with Crippen LogP contribution >= 0.6 is 23.4 Å². The average Bonchev–Trinajstić information content (AvgIpc) is 2.55. The van der Waals surface area contributed by atoms with Gasteiger partial charge in [-0.2, -0.15) is 0 Å². The predicted molar refractivity (Wildman–Crippen MR) is 89.9 cm³/mol. The average molecular weight is 334 g/mol. The minimum Gasteiger partial charge on any atom is -0.320 e. The summed E-state index contributed by atoms with van der Waals surface area (Å²) < 4.78 is 0. The summed E-state index contributed by atoms with van der Waals surface area (Å²) in [5.41, 5.74) is 3.64. The molecule has 0 aliphatic heterocycles. The largest absolute Gasteiger partial charge is 0.320 e. The molecule has 1 aromatic heterocycles. The fourth-order valence-corrected chi connectivity index (χ4v) is 3.21. The number of nitrogens with zero attached hydrogens (tertiary/aromatic N) is 2. The van der Waals surface area contributed by atoms with E-state index in [2.05, 4.69) is 21.4 Å². The Hall–Kier alpha value is -1.59. The SMILES string of the molecule is CSc1ncc(Cl)c(C(=O)Nc2cccc3c2CCCC3)n1. The molecule has 1 N–H and O–H groups in total. The number of benzene rings is 1. The lowest BCUT2D eigenvalue weighted by atomic mass is 9.90. The number of amides is 1. The van der Waals surface area contributed by atoms with Crippen molar-refractivity contribution >= 4 is 35.0 Å². The molecule has 0 spiro atoms. The number of anilines is 1. The van der Waals surface area contributed by atoms with Gasteiger partial charge in [-0.3, -0.25) is 4.79 Å². The van der Waals surface area contributed by atoms with E-state index in [1.165, 1.54) is 35.5 Å². The number of hydrogen-bond acceptors (Lipinski definition) is 4. The van der Waals surface area contributed by atoms with E-state index in [-0.39, 0.29) is 16.6 Å². The van der Waals surface area contributed by atoms with E-state index in [0.29, 0.717) is 5.16 Å². The van der Waals surface area contributed by atoms with Crippen LogP contribution in [0.3, 0.4) is 0 Å². The number of carbonyl (C=O) groups is 1. The van der Waals surface area contributed by atoms with Crippen LogP contribution in [0.25, 0.3) is 0 Å². The third kappa shape index (κ3) is 3.10. The van der Waals surface area contributed by atoms with Crippen molar-refractivity contribution in [3.05, 3.63) is 46.2 Å². The summed E-state index contributed by atoms with van der Waals surface area (Å²) >= 11 is 7.44. The third-order valence-corrected chi connectivity index (χ3v) is 4.60. The zero-order valence-electron chi connectivity index (χ0n) is 12.2. The van der Waals surface area contributed by atoms with Crippen LogP contribution < -0.4 is 5.32 Å². The van der Waals surface area contributed by atoms with Crippen molar-refractivity contribution < 1.29 is 4.79 Å². The first-order chi connectivity index (χ1) is 10.7. The number of nitrogens with one attached hydrogen (secondary N) is 1. The Kier molecular flexibility index (Phi) is 4.64. The third-order valence-electron chi connectivity index (χ3n) is 3.76. The molecule has 4 nitrogen and oxygen atoms in total. The Morgan fingerprint density at radius 3 is 2.95 bits per heavy atom. The van der Waals surface area contributed by atoms with Gasteiger partial charge in [0.15, 0.2) is 10.9 Å². The molecular formula is C16H16ClN3OS. The molecule has 0 unspecified atom stereocenters. The number of hydrogen-bond donors (Lipinski definition) is 1. The Morgan fingerprint density at radius 1 is 1.32 bits per heavy atom. The van der Waals surface area contributed by atoms with Crippen molar-refractivity contribution in [1.82, 2.24) is 9.97 Å². The van der Waals surface area contributed by atoms with Crippen LogP contribution in [-0.4, -0.2) is 22.1 Å².